The van der Waals surface area contributed by atoms with Crippen molar-refractivity contribution in [1.82, 2.24) is 15.2 Å². The van der Waals surface area contributed by atoms with Gasteiger partial charge in [-0.15, -0.1) is 0 Å². The van der Waals surface area contributed by atoms with Crippen LogP contribution >= 0.6 is 0 Å². The summed E-state index contributed by atoms with van der Waals surface area (Å²) in [5, 5.41) is 4.72. The van der Waals surface area contributed by atoms with Crippen LogP contribution in [0.5, 0.6) is 5.75 Å². The summed E-state index contributed by atoms with van der Waals surface area (Å²) in [5.41, 5.74) is 2.54. The van der Waals surface area contributed by atoms with Gasteiger partial charge in [-0.2, -0.15) is 0 Å². The third-order valence-corrected chi connectivity index (χ3v) is 3.80. The first kappa shape index (κ1) is 12.5. The summed E-state index contributed by atoms with van der Waals surface area (Å²) in [5.74, 6) is 0.922. The number of ether oxygens (including phenoxy) is 1. The summed E-state index contributed by atoms with van der Waals surface area (Å²) in [6, 6.07) is 6.21. The number of aromatic amines is 1. The van der Waals surface area contributed by atoms with E-state index < -0.39 is 0 Å². The van der Waals surface area contributed by atoms with Crippen LogP contribution in [0.1, 0.15) is 12.0 Å². The molecule has 1 aliphatic heterocycles. The Labute approximate surface area is 113 Å². The van der Waals surface area contributed by atoms with Crippen molar-refractivity contribution in [2.45, 2.75) is 13.0 Å². The maximum absolute atomic E-state index is 5.32. The Kier molecular flexibility index (Phi) is 3.71. The zero-order valence-corrected chi connectivity index (χ0v) is 11.4. The van der Waals surface area contributed by atoms with Crippen molar-refractivity contribution in [2.75, 3.05) is 33.3 Å². The number of fused-ring (bicyclic) bond motifs is 1. The van der Waals surface area contributed by atoms with Crippen LogP contribution < -0.4 is 10.1 Å². The second-order valence-electron chi connectivity index (χ2n) is 5.11. The summed E-state index contributed by atoms with van der Waals surface area (Å²) < 4.78 is 5.32. The molecule has 1 aliphatic rings. The summed E-state index contributed by atoms with van der Waals surface area (Å²) >= 11 is 0. The molecule has 4 heteroatoms. The molecule has 1 fully saturated rings. The molecule has 3 rings (SSSR count). The van der Waals surface area contributed by atoms with Crippen molar-refractivity contribution in [3.63, 3.8) is 0 Å². The van der Waals surface area contributed by atoms with Gasteiger partial charge in [-0.05, 0) is 43.3 Å². The first-order valence-electron chi connectivity index (χ1n) is 6.94. The van der Waals surface area contributed by atoms with E-state index in [1.807, 2.05) is 6.07 Å². The van der Waals surface area contributed by atoms with Crippen LogP contribution in [-0.4, -0.2) is 43.2 Å². The lowest BCUT2D eigenvalue weighted by molar-refractivity contribution is 0.285. The number of aromatic nitrogens is 1. The van der Waals surface area contributed by atoms with Crippen LogP contribution in [0.3, 0.4) is 0 Å². The minimum atomic E-state index is 0.922. The zero-order valence-electron chi connectivity index (χ0n) is 11.4. The Hall–Kier alpha value is -1.52. The monoisotopic (exact) mass is 259 g/mol. The SMILES string of the molecule is COc1ccc2[nH]cc(CN3CCCNCC3)c2c1. The number of hydrogen-bond acceptors (Lipinski definition) is 3. The maximum Gasteiger partial charge on any atom is 0.119 e. The topological polar surface area (TPSA) is 40.3 Å². The Morgan fingerprint density at radius 2 is 2.21 bits per heavy atom. The molecule has 0 spiro atoms. The molecule has 0 aliphatic carbocycles. The highest BCUT2D eigenvalue weighted by atomic mass is 16.5. The van der Waals surface area contributed by atoms with Crippen molar-refractivity contribution in [3.8, 4) is 5.75 Å². The Balaban J connectivity index is 1.83. The van der Waals surface area contributed by atoms with E-state index in [0.717, 1.165) is 31.9 Å². The number of hydrogen-bond donors (Lipinski definition) is 2. The van der Waals surface area contributed by atoms with Gasteiger partial charge in [0.05, 0.1) is 7.11 Å². The normalized spacial score (nSPS) is 17.5. The van der Waals surface area contributed by atoms with Crippen LogP contribution in [0.25, 0.3) is 10.9 Å². The molecule has 2 N–H and O–H groups in total. The quantitative estimate of drug-likeness (QED) is 0.885. The fourth-order valence-electron chi connectivity index (χ4n) is 2.72. The Morgan fingerprint density at radius 3 is 3.11 bits per heavy atom. The van der Waals surface area contributed by atoms with Crippen molar-refractivity contribution in [1.29, 1.82) is 0 Å². The highest BCUT2D eigenvalue weighted by molar-refractivity contribution is 5.84. The van der Waals surface area contributed by atoms with Crippen LogP contribution in [0.15, 0.2) is 24.4 Å². The van der Waals surface area contributed by atoms with Crippen molar-refractivity contribution in [2.24, 2.45) is 0 Å². The number of rotatable bonds is 3. The van der Waals surface area contributed by atoms with E-state index in [-0.39, 0.29) is 0 Å². The molecule has 1 aromatic heterocycles. The van der Waals surface area contributed by atoms with Gasteiger partial charge in [0.25, 0.3) is 0 Å². The molecule has 0 amide bonds. The van der Waals surface area contributed by atoms with Crippen LogP contribution in [0, 0.1) is 0 Å². The minimum Gasteiger partial charge on any atom is -0.497 e. The summed E-state index contributed by atoms with van der Waals surface area (Å²) in [7, 11) is 1.72. The lowest BCUT2D eigenvalue weighted by Gasteiger charge is -2.18. The van der Waals surface area contributed by atoms with Gasteiger partial charge in [0, 0.05) is 36.7 Å². The Morgan fingerprint density at radius 1 is 1.26 bits per heavy atom. The summed E-state index contributed by atoms with van der Waals surface area (Å²) in [4.78, 5) is 5.86. The predicted molar refractivity (Wildman–Crippen MR) is 77.6 cm³/mol. The fourth-order valence-corrected chi connectivity index (χ4v) is 2.72. The lowest BCUT2D eigenvalue weighted by atomic mass is 10.1. The molecule has 0 bridgehead atoms. The van der Waals surface area contributed by atoms with E-state index >= 15 is 0 Å². The molecule has 2 heterocycles. The van der Waals surface area contributed by atoms with Crippen LogP contribution in [0.4, 0.5) is 0 Å². The van der Waals surface area contributed by atoms with Crippen molar-refractivity contribution < 1.29 is 4.74 Å². The predicted octanol–water partition coefficient (Wildman–Crippen LogP) is 1.97. The highest BCUT2D eigenvalue weighted by Gasteiger charge is 2.12. The molecular formula is C15H21N3O. The van der Waals surface area contributed by atoms with E-state index in [4.69, 9.17) is 4.74 Å². The molecule has 1 aromatic carbocycles. The number of nitrogens with zero attached hydrogens (tertiary/aromatic N) is 1. The second-order valence-corrected chi connectivity index (χ2v) is 5.11. The first-order valence-corrected chi connectivity index (χ1v) is 6.94. The molecule has 0 saturated carbocycles. The van der Waals surface area contributed by atoms with Gasteiger partial charge in [0.15, 0.2) is 0 Å². The molecule has 1 saturated heterocycles. The van der Waals surface area contributed by atoms with Crippen LogP contribution in [0.2, 0.25) is 0 Å². The molecule has 0 atom stereocenters. The van der Waals surface area contributed by atoms with E-state index in [1.165, 1.54) is 29.4 Å². The molecular weight excluding hydrogens is 238 g/mol. The molecule has 0 unspecified atom stereocenters. The highest BCUT2D eigenvalue weighted by Crippen LogP contribution is 2.24. The zero-order chi connectivity index (χ0) is 13.1. The van der Waals surface area contributed by atoms with E-state index in [0.29, 0.717) is 0 Å². The van der Waals surface area contributed by atoms with Gasteiger partial charge >= 0.3 is 0 Å². The van der Waals surface area contributed by atoms with Gasteiger partial charge in [0.2, 0.25) is 0 Å². The van der Waals surface area contributed by atoms with E-state index in [1.54, 1.807) is 7.11 Å². The number of benzene rings is 1. The number of nitrogens with one attached hydrogen (secondary N) is 2. The van der Waals surface area contributed by atoms with Gasteiger partial charge in [0.1, 0.15) is 5.75 Å². The molecule has 4 nitrogen and oxygen atoms in total. The molecule has 102 valence electrons. The van der Waals surface area contributed by atoms with Gasteiger partial charge in [-0.1, -0.05) is 0 Å². The second kappa shape index (κ2) is 5.63. The average Bonchev–Trinajstić information content (AvgIpc) is 2.66. The third-order valence-electron chi connectivity index (χ3n) is 3.80. The number of H-pyrrole nitrogens is 1. The third kappa shape index (κ3) is 2.74. The summed E-state index contributed by atoms with van der Waals surface area (Å²) in [6.45, 7) is 5.53. The smallest absolute Gasteiger partial charge is 0.119 e. The first-order chi connectivity index (χ1) is 9.36. The molecule has 0 radical (unpaired) electrons. The fraction of sp³-hybridized carbons (Fsp3) is 0.467. The average molecular weight is 259 g/mol. The van der Waals surface area contributed by atoms with E-state index in [2.05, 4.69) is 33.5 Å². The number of methoxy groups -OCH3 is 1. The molecule has 19 heavy (non-hydrogen) atoms. The molecule has 2 aromatic rings. The lowest BCUT2D eigenvalue weighted by Crippen LogP contribution is -2.27. The van der Waals surface area contributed by atoms with Crippen molar-refractivity contribution in [3.05, 3.63) is 30.0 Å². The van der Waals surface area contributed by atoms with E-state index in [9.17, 15) is 0 Å². The van der Waals surface area contributed by atoms with Crippen LogP contribution in [-0.2, 0) is 6.54 Å². The Bertz CT molecular complexity index is 541. The van der Waals surface area contributed by atoms with Gasteiger partial charge < -0.3 is 15.0 Å². The standard InChI is InChI=1S/C15H21N3O/c1-19-13-3-4-15-14(9-13)12(10-17-15)11-18-7-2-5-16-6-8-18/h3-4,9-10,16-17H,2,5-8,11H2,1H3. The summed E-state index contributed by atoms with van der Waals surface area (Å²) in [6.07, 6.45) is 3.36. The largest absolute Gasteiger partial charge is 0.497 e. The van der Waals surface area contributed by atoms with Gasteiger partial charge in [-0.25, -0.2) is 0 Å². The maximum atomic E-state index is 5.32. The minimum absolute atomic E-state index is 0.922. The van der Waals surface area contributed by atoms with Crippen molar-refractivity contribution >= 4 is 10.9 Å². The van der Waals surface area contributed by atoms with Gasteiger partial charge in [-0.3, -0.25) is 4.90 Å².